The number of nitrogens with zero attached hydrogens (tertiary/aromatic N) is 1. The second-order valence-corrected chi connectivity index (χ2v) is 4.36. The van der Waals surface area contributed by atoms with Crippen molar-refractivity contribution in [3.05, 3.63) is 59.0 Å². The van der Waals surface area contributed by atoms with Crippen LogP contribution in [0.15, 0.2) is 36.5 Å². The average Bonchev–Trinajstić information content (AvgIpc) is 2.37. The van der Waals surface area contributed by atoms with Gasteiger partial charge in [-0.05, 0) is 42.8 Å². The summed E-state index contributed by atoms with van der Waals surface area (Å²) in [4.78, 5) is 15.7. The molecule has 1 aromatic heterocycles. The zero-order valence-corrected chi connectivity index (χ0v) is 10.8. The Hall–Kier alpha value is -2.44. The number of rotatable bonds is 2. The Balaban J connectivity index is 2.31. The summed E-state index contributed by atoms with van der Waals surface area (Å²) in [5.41, 5.74) is -0.982. The van der Waals surface area contributed by atoms with Crippen molar-refractivity contribution in [2.45, 2.75) is 13.1 Å². The van der Waals surface area contributed by atoms with Crippen molar-refractivity contribution in [2.75, 3.05) is 5.32 Å². The van der Waals surface area contributed by atoms with Crippen molar-refractivity contribution in [3.63, 3.8) is 0 Å². The molecule has 0 fully saturated rings. The minimum Gasteiger partial charge on any atom is -0.306 e. The lowest BCUT2D eigenvalue weighted by molar-refractivity contribution is -0.137. The van der Waals surface area contributed by atoms with E-state index in [2.05, 4.69) is 10.3 Å². The first-order chi connectivity index (χ1) is 9.77. The van der Waals surface area contributed by atoms with Crippen LogP contribution in [0.5, 0.6) is 0 Å². The fourth-order valence-corrected chi connectivity index (χ4v) is 1.66. The molecule has 0 aliphatic carbocycles. The van der Waals surface area contributed by atoms with Crippen LogP contribution in [0.1, 0.15) is 21.5 Å². The molecule has 0 saturated carbocycles. The van der Waals surface area contributed by atoms with Gasteiger partial charge >= 0.3 is 6.18 Å². The number of aryl methyl sites for hydroxylation is 1. The zero-order chi connectivity index (χ0) is 15.6. The highest BCUT2D eigenvalue weighted by Crippen LogP contribution is 2.30. The number of anilines is 1. The van der Waals surface area contributed by atoms with Gasteiger partial charge in [-0.3, -0.25) is 4.79 Å². The molecule has 1 N–H and O–H groups in total. The Bertz CT molecular complexity index is 683. The van der Waals surface area contributed by atoms with E-state index in [0.717, 1.165) is 5.56 Å². The van der Waals surface area contributed by atoms with Crippen LogP contribution in [0, 0.1) is 12.7 Å². The molecule has 1 amide bonds. The third-order valence-corrected chi connectivity index (χ3v) is 2.70. The molecule has 0 bridgehead atoms. The maximum Gasteiger partial charge on any atom is 0.416 e. The van der Waals surface area contributed by atoms with Crippen molar-refractivity contribution in [1.82, 2.24) is 4.98 Å². The number of nitrogens with one attached hydrogen (secondary N) is 1. The smallest absolute Gasteiger partial charge is 0.306 e. The van der Waals surface area contributed by atoms with E-state index in [1.165, 1.54) is 12.3 Å². The summed E-state index contributed by atoms with van der Waals surface area (Å²) < 4.78 is 51.3. The first kappa shape index (κ1) is 15.0. The Kier molecular flexibility index (Phi) is 3.93. The highest BCUT2D eigenvalue weighted by Gasteiger charge is 2.32. The molecule has 0 aliphatic rings. The molecule has 0 radical (unpaired) electrons. The van der Waals surface area contributed by atoms with E-state index in [1.54, 1.807) is 13.0 Å². The second kappa shape index (κ2) is 5.51. The van der Waals surface area contributed by atoms with Gasteiger partial charge in [0.05, 0.1) is 11.1 Å². The molecule has 0 atom stereocenters. The minimum atomic E-state index is -4.65. The number of aromatic nitrogens is 1. The van der Waals surface area contributed by atoms with Gasteiger partial charge in [0.1, 0.15) is 11.6 Å². The summed E-state index contributed by atoms with van der Waals surface area (Å²) >= 11 is 0. The fourth-order valence-electron chi connectivity index (χ4n) is 1.66. The molecule has 21 heavy (non-hydrogen) atoms. The summed E-state index contributed by atoms with van der Waals surface area (Å²) in [6.07, 6.45) is -3.22. The molecule has 2 rings (SSSR count). The van der Waals surface area contributed by atoms with Crippen LogP contribution in [0.2, 0.25) is 0 Å². The van der Waals surface area contributed by atoms with Crippen molar-refractivity contribution in [3.8, 4) is 0 Å². The highest BCUT2D eigenvalue weighted by atomic mass is 19.4. The highest BCUT2D eigenvalue weighted by molar-refractivity contribution is 6.04. The quantitative estimate of drug-likeness (QED) is 0.857. The molecule has 3 nitrogen and oxygen atoms in total. The van der Waals surface area contributed by atoms with Crippen LogP contribution in [-0.2, 0) is 6.18 Å². The number of carbonyl (C=O) groups excluding carboxylic acids is 1. The lowest BCUT2D eigenvalue weighted by Gasteiger charge is -2.10. The standard InChI is InChI=1S/C14H10F4N2O/c1-8-4-5-19-12(6-8)20-13(21)10-7-9(14(16,17)18)2-3-11(10)15/h2-7H,1H3,(H,19,20,21). The third kappa shape index (κ3) is 3.56. The number of benzene rings is 1. The van der Waals surface area contributed by atoms with Crippen LogP contribution in [0.4, 0.5) is 23.4 Å². The summed E-state index contributed by atoms with van der Waals surface area (Å²) in [7, 11) is 0. The van der Waals surface area contributed by atoms with Crippen LogP contribution in [-0.4, -0.2) is 10.9 Å². The van der Waals surface area contributed by atoms with E-state index >= 15 is 0 Å². The van der Waals surface area contributed by atoms with Crippen molar-refractivity contribution in [2.24, 2.45) is 0 Å². The first-order valence-electron chi connectivity index (χ1n) is 5.88. The zero-order valence-electron chi connectivity index (χ0n) is 10.8. The van der Waals surface area contributed by atoms with Crippen LogP contribution < -0.4 is 5.32 Å². The fraction of sp³-hybridized carbons (Fsp3) is 0.143. The van der Waals surface area contributed by atoms with E-state index in [1.807, 2.05) is 0 Å². The Morgan fingerprint density at radius 1 is 1.19 bits per heavy atom. The van der Waals surface area contributed by atoms with Crippen molar-refractivity contribution >= 4 is 11.7 Å². The van der Waals surface area contributed by atoms with E-state index in [9.17, 15) is 22.4 Å². The van der Waals surface area contributed by atoms with Gasteiger partial charge in [-0.25, -0.2) is 9.37 Å². The summed E-state index contributed by atoms with van der Waals surface area (Å²) in [5.74, 6) is -1.89. The number of alkyl halides is 3. The van der Waals surface area contributed by atoms with Gasteiger partial charge in [0, 0.05) is 6.20 Å². The Morgan fingerprint density at radius 3 is 2.52 bits per heavy atom. The molecule has 0 aliphatic heterocycles. The van der Waals surface area contributed by atoms with E-state index in [4.69, 9.17) is 0 Å². The van der Waals surface area contributed by atoms with Gasteiger partial charge < -0.3 is 5.32 Å². The molecule has 2 aromatic rings. The van der Waals surface area contributed by atoms with Crippen LogP contribution in [0.25, 0.3) is 0 Å². The van der Waals surface area contributed by atoms with Crippen molar-refractivity contribution in [1.29, 1.82) is 0 Å². The van der Waals surface area contributed by atoms with Gasteiger partial charge in [0.15, 0.2) is 0 Å². The summed E-state index contributed by atoms with van der Waals surface area (Å²) in [6, 6.07) is 4.86. The van der Waals surface area contributed by atoms with Crippen LogP contribution >= 0.6 is 0 Å². The van der Waals surface area contributed by atoms with Crippen LogP contribution in [0.3, 0.4) is 0 Å². The average molecular weight is 298 g/mol. The molecular formula is C14H10F4N2O. The maximum absolute atomic E-state index is 13.5. The van der Waals surface area contributed by atoms with Gasteiger partial charge in [-0.15, -0.1) is 0 Å². The lowest BCUT2D eigenvalue weighted by Crippen LogP contribution is -2.16. The van der Waals surface area contributed by atoms with Gasteiger partial charge in [-0.1, -0.05) is 0 Å². The van der Waals surface area contributed by atoms with Crippen molar-refractivity contribution < 1.29 is 22.4 Å². The summed E-state index contributed by atoms with van der Waals surface area (Å²) in [5, 5.41) is 2.26. The maximum atomic E-state index is 13.5. The van der Waals surface area contributed by atoms with Gasteiger partial charge in [-0.2, -0.15) is 13.2 Å². The Morgan fingerprint density at radius 2 is 1.90 bits per heavy atom. The molecule has 0 saturated heterocycles. The van der Waals surface area contributed by atoms with E-state index in [0.29, 0.717) is 18.2 Å². The number of hydrogen-bond acceptors (Lipinski definition) is 2. The molecule has 0 spiro atoms. The molecule has 0 unspecified atom stereocenters. The Labute approximate surface area is 117 Å². The van der Waals surface area contributed by atoms with E-state index < -0.39 is 29.0 Å². The first-order valence-corrected chi connectivity index (χ1v) is 5.88. The SMILES string of the molecule is Cc1ccnc(NC(=O)c2cc(C(F)(F)F)ccc2F)c1. The number of hydrogen-bond donors (Lipinski definition) is 1. The minimum absolute atomic E-state index is 0.136. The number of carbonyl (C=O) groups is 1. The summed E-state index contributed by atoms with van der Waals surface area (Å²) in [6.45, 7) is 1.75. The monoisotopic (exact) mass is 298 g/mol. The third-order valence-electron chi connectivity index (χ3n) is 2.70. The topological polar surface area (TPSA) is 42.0 Å². The van der Waals surface area contributed by atoms with E-state index in [-0.39, 0.29) is 5.82 Å². The predicted octanol–water partition coefficient (Wildman–Crippen LogP) is 3.80. The number of amides is 1. The molecular weight excluding hydrogens is 288 g/mol. The molecule has 1 heterocycles. The second-order valence-electron chi connectivity index (χ2n) is 4.36. The molecule has 7 heteroatoms. The molecule has 110 valence electrons. The largest absolute Gasteiger partial charge is 0.416 e. The number of halogens is 4. The van der Waals surface area contributed by atoms with Gasteiger partial charge in [0.2, 0.25) is 0 Å². The number of pyridine rings is 1. The molecule has 1 aromatic carbocycles. The van der Waals surface area contributed by atoms with Gasteiger partial charge in [0.25, 0.3) is 5.91 Å². The normalized spacial score (nSPS) is 11.3. The predicted molar refractivity (Wildman–Crippen MR) is 68.3 cm³/mol. The lowest BCUT2D eigenvalue weighted by atomic mass is 10.1.